The number of hydrogen-bond donors (Lipinski definition) is 1. The number of para-hydroxylation sites is 1. The highest BCUT2D eigenvalue weighted by molar-refractivity contribution is 5.94. The largest absolute Gasteiger partial charge is 0.485 e. The van der Waals surface area contributed by atoms with Gasteiger partial charge in [0.25, 0.3) is 0 Å². The fraction of sp³-hybridized carbons (Fsp3) is 0.625. The first-order valence-corrected chi connectivity index (χ1v) is 11.1. The third kappa shape index (κ3) is 8.18. The molecule has 1 aliphatic rings. The molecule has 0 saturated carbocycles. The van der Waals surface area contributed by atoms with Gasteiger partial charge < -0.3 is 28.8 Å². The predicted octanol–water partition coefficient (Wildman–Crippen LogP) is 3.30. The number of nitrogens with zero attached hydrogens (tertiary/aromatic N) is 1. The summed E-state index contributed by atoms with van der Waals surface area (Å²) in [6.07, 6.45) is -5.31. The van der Waals surface area contributed by atoms with E-state index in [1.54, 1.807) is 65.8 Å². The Bertz CT molecular complexity index is 816. The van der Waals surface area contributed by atoms with Crippen molar-refractivity contribution in [3.05, 3.63) is 30.3 Å². The maximum absolute atomic E-state index is 13.0. The first kappa shape index (κ1) is 27.4. The molecular weight excluding hydrogens is 446 g/mol. The molecule has 0 aliphatic carbocycles. The van der Waals surface area contributed by atoms with E-state index in [9.17, 15) is 19.5 Å². The number of imide groups is 1. The molecule has 1 aliphatic heterocycles. The Morgan fingerprint density at radius 3 is 2.00 bits per heavy atom. The Morgan fingerprint density at radius 1 is 0.971 bits per heavy atom. The molecule has 2 amide bonds. The van der Waals surface area contributed by atoms with Crippen LogP contribution in [0.3, 0.4) is 0 Å². The third-order valence-corrected chi connectivity index (χ3v) is 4.52. The molecule has 0 unspecified atom stereocenters. The minimum atomic E-state index is -1.50. The van der Waals surface area contributed by atoms with Crippen molar-refractivity contribution in [2.24, 2.45) is 0 Å². The number of cyclic esters (lactones) is 1. The molecule has 10 nitrogen and oxygen atoms in total. The lowest BCUT2D eigenvalue weighted by molar-refractivity contribution is -0.161. The summed E-state index contributed by atoms with van der Waals surface area (Å²) < 4.78 is 27.5. The monoisotopic (exact) mass is 481 g/mol. The van der Waals surface area contributed by atoms with Crippen LogP contribution in [0.2, 0.25) is 0 Å². The summed E-state index contributed by atoms with van der Waals surface area (Å²) in [7, 11) is 0. The summed E-state index contributed by atoms with van der Waals surface area (Å²) in [5, 5.41) is 10.7. The summed E-state index contributed by atoms with van der Waals surface area (Å²) in [6.45, 7) is 10.7. The molecule has 34 heavy (non-hydrogen) atoms. The van der Waals surface area contributed by atoms with E-state index in [2.05, 4.69) is 0 Å². The molecule has 10 heteroatoms. The first-order valence-electron chi connectivity index (χ1n) is 11.1. The summed E-state index contributed by atoms with van der Waals surface area (Å²) in [6, 6.07) is 7.29. The Kier molecular flexibility index (Phi) is 8.90. The highest BCUT2D eigenvalue weighted by Crippen LogP contribution is 2.22. The van der Waals surface area contributed by atoms with E-state index in [0.717, 1.165) is 0 Å². The quantitative estimate of drug-likeness (QED) is 0.512. The average Bonchev–Trinajstić information content (AvgIpc) is 2.73. The van der Waals surface area contributed by atoms with Crippen molar-refractivity contribution in [3.8, 4) is 5.75 Å². The van der Waals surface area contributed by atoms with E-state index >= 15 is 0 Å². The lowest BCUT2D eigenvalue weighted by atomic mass is 10.1. The van der Waals surface area contributed by atoms with Crippen LogP contribution in [0, 0.1) is 0 Å². The van der Waals surface area contributed by atoms with Gasteiger partial charge in [-0.25, -0.2) is 14.4 Å². The number of hydrogen-bond acceptors (Lipinski definition) is 9. The number of aliphatic hydroxyl groups is 1. The van der Waals surface area contributed by atoms with Gasteiger partial charge in [-0.3, -0.25) is 0 Å². The van der Waals surface area contributed by atoms with Gasteiger partial charge in [0.2, 0.25) is 0 Å². The summed E-state index contributed by atoms with van der Waals surface area (Å²) in [4.78, 5) is 39.4. The number of benzene rings is 1. The Morgan fingerprint density at radius 2 is 1.50 bits per heavy atom. The van der Waals surface area contributed by atoms with Crippen molar-refractivity contribution in [1.82, 2.24) is 4.90 Å². The van der Waals surface area contributed by atoms with E-state index in [4.69, 9.17) is 23.7 Å². The molecule has 1 N–H and O–H groups in total. The molecule has 0 spiro atoms. The molecule has 1 aromatic carbocycles. The molecule has 4 atom stereocenters. The van der Waals surface area contributed by atoms with Crippen molar-refractivity contribution in [2.75, 3.05) is 13.2 Å². The predicted molar refractivity (Wildman–Crippen MR) is 121 cm³/mol. The third-order valence-electron chi connectivity index (χ3n) is 4.52. The molecule has 2 rings (SSSR count). The Labute approximate surface area is 200 Å². The number of amides is 2. The Balaban J connectivity index is 2.31. The van der Waals surface area contributed by atoms with Gasteiger partial charge in [-0.05, 0) is 60.6 Å². The molecular formula is C24H35NO9. The van der Waals surface area contributed by atoms with E-state index in [1.807, 2.05) is 6.07 Å². The van der Waals surface area contributed by atoms with Crippen LogP contribution in [0.25, 0.3) is 0 Å². The zero-order valence-electron chi connectivity index (χ0n) is 20.8. The maximum Gasteiger partial charge on any atom is 0.420 e. The molecule has 0 aromatic heterocycles. The van der Waals surface area contributed by atoms with E-state index in [0.29, 0.717) is 10.6 Å². The van der Waals surface area contributed by atoms with Gasteiger partial charge in [0, 0.05) is 0 Å². The summed E-state index contributed by atoms with van der Waals surface area (Å²) in [5.74, 6) is -0.461. The highest BCUT2D eigenvalue weighted by Gasteiger charge is 2.44. The van der Waals surface area contributed by atoms with Crippen molar-refractivity contribution in [1.29, 1.82) is 0 Å². The SMILES string of the molecule is C[C@@H]1OC(=O)[C@@H](N(C(=O)OC(C)(C)C)C(=O)OC(C)(C)C)COC[C@H](Oc2ccccc2)[C@H]1O. The zero-order valence-corrected chi connectivity index (χ0v) is 20.8. The lowest BCUT2D eigenvalue weighted by Gasteiger charge is -2.32. The number of rotatable bonds is 3. The standard InChI is InChI=1S/C24H35NO9/c1-15-19(26)18(32-16-11-9-8-10-12-16)14-30-13-17(20(27)31-15)25(21(28)33-23(2,3)4)22(29)34-24(5,6)7/h8-12,15,17-19,26H,13-14H2,1-7H3/t15-,17-,18-,19-/m0/s1. The van der Waals surface area contributed by atoms with Crippen molar-refractivity contribution in [3.63, 3.8) is 0 Å². The second-order valence-electron chi connectivity index (χ2n) is 9.99. The van der Waals surface area contributed by atoms with Crippen LogP contribution >= 0.6 is 0 Å². The van der Waals surface area contributed by atoms with Crippen LogP contribution < -0.4 is 4.74 Å². The second-order valence-corrected chi connectivity index (χ2v) is 9.99. The van der Waals surface area contributed by atoms with Crippen molar-refractivity contribution >= 4 is 18.2 Å². The fourth-order valence-electron chi connectivity index (χ4n) is 3.00. The molecule has 1 fully saturated rings. The van der Waals surface area contributed by atoms with Gasteiger partial charge in [-0.1, -0.05) is 18.2 Å². The van der Waals surface area contributed by atoms with E-state index in [-0.39, 0.29) is 6.61 Å². The van der Waals surface area contributed by atoms with Crippen molar-refractivity contribution < 1.29 is 43.2 Å². The number of aliphatic hydroxyl groups excluding tert-OH is 1. The lowest BCUT2D eigenvalue weighted by Crippen LogP contribution is -2.54. The van der Waals surface area contributed by atoms with Crippen LogP contribution in [0.4, 0.5) is 9.59 Å². The van der Waals surface area contributed by atoms with E-state index in [1.165, 1.54) is 6.92 Å². The number of carbonyl (C=O) groups is 3. The highest BCUT2D eigenvalue weighted by atomic mass is 16.6. The Hall–Kier alpha value is -2.85. The molecule has 0 radical (unpaired) electrons. The van der Waals surface area contributed by atoms with Gasteiger partial charge in [-0.15, -0.1) is 0 Å². The van der Waals surface area contributed by atoms with Gasteiger partial charge in [-0.2, -0.15) is 4.90 Å². The first-order chi connectivity index (χ1) is 15.7. The smallest absolute Gasteiger partial charge is 0.420 e. The molecule has 1 aromatic rings. The average molecular weight is 482 g/mol. The number of ether oxygens (including phenoxy) is 5. The minimum Gasteiger partial charge on any atom is -0.485 e. The van der Waals surface area contributed by atoms with Crippen molar-refractivity contribution in [2.45, 2.75) is 84.0 Å². The summed E-state index contributed by atoms with van der Waals surface area (Å²) >= 11 is 0. The number of esters is 1. The van der Waals surface area contributed by atoms with E-state index < -0.39 is 60.3 Å². The van der Waals surface area contributed by atoms with Gasteiger partial charge in [0.1, 0.15) is 29.2 Å². The van der Waals surface area contributed by atoms with Gasteiger partial charge in [0.05, 0.1) is 13.2 Å². The van der Waals surface area contributed by atoms with Crippen LogP contribution in [-0.2, 0) is 23.7 Å². The molecule has 1 saturated heterocycles. The second kappa shape index (κ2) is 11.1. The zero-order chi connectivity index (χ0) is 25.7. The fourth-order valence-corrected chi connectivity index (χ4v) is 3.00. The molecule has 0 bridgehead atoms. The van der Waals surface area contributed by atoms with Gasteiger partial charge in [0.15, 0.2) is 12.1 Å². The van der Waals surface area contributed by atoms with Crippen LogP contribution in [0.15, 0.2) is 30.3 Å². The van der Waals surface area contributed by atoms with Crippen LogP contribution in [0.5, 0.6) is 5.75 Å². The maximum atomic E-state index is 13.0. The minimum absolute atomic E-state index is 0.135. The van der Waals surface area contributed by atoms with Gasteiger partial charge >= 0.3 is 18.2 Å². The summed E-state index contributed by atoms with van der Waals surface area (Å²) in [5.41, 5.74) is -1.89. The molecule has 190 valence electrons. The normalized spacial score (nSPS) is 24.1. The topological polar surface area (TPSA) is 121 Å². The molecule has 1 heterocycles. The van der Waals surface area contributed by atoms with Crippen LogP contribution in [0.1, 0.15) is 48.5 Å². The number of carbonyl (C=O) groups excluding carboxylic acids is 3. The van der Waals surface area contributed by atoms with Crippen LogP contribution in [-0.4, -0.2) is 76.9 Å².